The molecule has 0 atom stereocenters. The fourth-order valence-electron chi connectivity index (χ4n) is 1.60. The first-order chi connectivity index (χ1) is 7.19. The van der Waals surface area contributed by atoms with E-state index in [1.165, 1.54) is 16.8 Å². The molecule has 0 unspecified atom stereocenters. The minimum absolute atomic E-state index is 0.514. The van der Waals surface area contributed by atoms with E-state index in [1.807, 2.05) is 6.21 Å². The van der Waals surface area contributed by atoms with E-state index < -0.39 is 0 Å². The molecule has 0 saturated heterocycles. The second kappa shape index (κ2) is 5.69. The highest BCUT2D eigenvalue weighted by Crippen LogP contribution is 2.25. The second-order valence-corrected chi connectivity index (χ2v) is 4.15. The molecule has 1 aromatic rings. The Balaban J connectivity index is 3.10. The highest BCUT2D eigenvalue weighted by molar-refractivity contribution is 5.68. The molecule has 1 heteroatoms. The maximum atomic E-state index is 4.62. The van der Waals surface area contributed by atoms with Crippen molar-refractivity contribution in [1.82, 2.24) is 0 Å². The van der Waals surface area contributed by atoms with Crippen LogP contribution >= 0.6 is 0 Å². The van der Waals surface area contributed by atoms with Gasteiger partial charge < -0.3 is 0 Å². The van der Waals surface area contributed by atoms with Gasteiger partial charge >= 0.3 is 0 Å². The van der Waals surface area contributed by atoms with Crippen LogP contribution in [0.5, 0.6) is 0 Å². The number of rotatable bonds is 4. The highest BCUT2D eigenvalue weighted by atomic mass is 14.7. The van der Waals surface area contributed by atoms with Gasteiger partial charge in [-0.2, -0.15) is 0 Å². The van der Waals surface area contributed by atoms with Crippen molar-refractivity contribution < 1.29 is 0 Å². The van der Waals surface area contributed by atoms with Gasteiger partial charge in [-0.25, -0.2) is 0 Å². The lowest BCUT2D eigenvalue weighted by atomic mass is 10.0. The van der Waals surface area contributed by atoms with Gasteiger partial charge in [0.1, 0.15) is 0 Å². The smallest absolute Gasteiger partial charge is 0.0689 e. The van der Waals surface area contributed by atoms with Crippen LogP contribution < -0.4 is 0 Å². The number of nitrogens with zero attached hydrogens (tertiary/aromatic N) is 1. The molecule has 0 aliphatic rings. The van der Waals surface area contributed by atoms with Crippen molar-refractivity contribution in [1.29, 1.82) is 0 Å². The van der Waals surface area contributed by atoms with Crippen molar-refractivity contribution in [2.75, 3.05) is 0 Å². The molecule has 82 valence electrons. The largest absolute Gasteiger partial charge is 0.260 e. The van der Waals surface area contributed by atoms with Crippen LogP contribution in [0.1, 0.15) is 38.8 Å². The molecule has 0 amide bonds. The standard InChI is InChI=1S/C14H21N/c1-5-12-8-7-9-13(6-2)14(12)15-10-11(3)4/h7-11H,5-6H2,1-4H3/b15-10+. The monoisotopic (exact) mass is 203 g/mol. The lowest BCUT2D eigenvalue weighted by Crippen LogP contribution is -1.91. The van der Waals surface area contributed by atoms with Crippen LogP contribution in [0.15, 0.2) is 23.2 Å². The molecule has 0 heterocycles. The third kappa shape index (κ3) is 3.19. The topological polar surface area (TPSA) is 12.4 Å². The molecule has 0 spiro atoms. The third-order valence-corrected chi connectivity index (χ3v) is 2.47. The van der Waals surface area contributed by atoms with Gasteiger partial charge in [0.15, 0.2) is 0 Å². The molecule has 0 aromatic heterocycles. The second-order valence-electron chi connectivity index (χ2n) is 4.15. The lowest BCUT2D eigenvalue weighted by molar-refractivity contribution is 0.906. The van der Waals surface area contributed by atoms with E-state index in [4.69, 9.17) is 0 Å². The van der Waals surface area contributed by atoms with Crippen LogP contribution in [0.2, 0.25) is 0 Å². The molecule has 0 bridgehead atoms. The lowest BCUT2D eigenvalue weighted by Gasteiger charge is -2.08. The zero-order valence-electron chi connectivity index (χ0n) is 10.2. The summed E-state index contributed by atoms with van der Waals surface area (Å²) in [5.74, 6) is 0.514. The summed E-state index contributed by atoms with van der Waals surface area (Å²) in [6.45, 7) is 8.68. The van der Waals surface area contributed by atoms with Crippen LogP contribution in [-0.4, -0.2) is 6.21 Å². The summed E-state index contributed by atoms with van der Waals surface area (Å²) >= 11 is 0. The summed E-state index contributed by atoms with van der Waals surface area (Å²) in [5, 5.41) is 0. The first-order valence-electron chi connectivity index (χ1n) is 5.84. The van der Waals surface area contributed by atoms with Crippen LogP contribution in [0.25, 0.3) is 0 Å². The Morgan fingerprint density at radius 3 is 2.07 bits per heavy atom. The highest BCUT2D eigenvalue weighted by Gasteiger charge is 2.03. The Morgan fingerprint density at radius 2 is 1.67 bits per heavy atom. The van der Waals surface area contributed by atoms with Crippen molar-refractivity contribution in [3.8, 4) is 0 Å². The molecule has 1 nitrogen and oxygen atoms in total. The van der Waals surface area contributed by atoms with Gasteiger partial charge in [-0.1, -0.05) is 45.9 Å². The Hall–Kier alpha value is -1.11. The number of hydrogen-bond acceptors (Lipinski definition) is 1. The van der Waals surface area contributed by atoms with E-state index in [-0.39, 0.29) is 0 Å². The molecular weight excluding hydrogens is 182 g/mol. The average Bonchev–Trinajstić information content (AvgIpc) is 2.25. The summed E-state index contributed by atoms with van der Waals surface area (Å²) in [7, 11) is 0. The molecule has 0 radical (unpaired) electrons. The molecular formula is C14H21N. The van der Waals surface area contributed by atoms with Gasteiger partial charge in [0.2, 0.25) is 0 Å². The normalized spacial score (nSPS) is 11.5. The molecule has 0 saturated carbocycles. The zero-order chi connectivity index (χ0) is 11.3. The minimum Gasteiger partial charge on any atom is -0.260 e. The minimum atomic E-state index is 0.514. The predicted octanol–water partition coefficient (Wildman–Crippen LogP) is 4.17. The van der Waals surface area contributed by atoms with E-state index in [1.54, 1.807) is 0 Å². The number of aliphatic imine (C=N–C) groups is 1. The van der Waals surface area contributed by atoms with Crippen molar-refractivity contribution in [3.05, 3.63) is 29.3 Å². The summed E-state index contributed by atoms with van der Waals surface area (Å²) in [6, 6.07) is 6.48. The van der Waals surface area contributed by atoms with E-state index >= 15 is 0 Å². The summed E-state index contributed by atoms with van der Waals surface area (Å²) in [6.07, 6.45) is 4.14. The predicted molar refractivity (Wildman–Crippen MR) is 68.2 cm³/mol. The maximum absolute atomic E-state index is 4.62. The van der Waals surface area contributed by atoms with Crippen molar-refractivity contribution in [2.24, 2.45) is 10.9 Å². The first kappa shape index (κ1) is 12.0. The van der Waals surface area contributed by atoms with E-state index in [0.717, 1.165) is 12.8 Å². The molecule has 1 aromatic carbocycles. The Morgan fingerprint density at radius 1 is 1.13 bits per heavy atom. The fourth-order valence-corrected chi connectivity index (χ4v) is 1.60. The fraction of sp³-hybridized carbons (Fsp3) is 0.500. The van der Waals surface area contributed by atoms with E-state index in [0.29, 0.717) is 5.92 Å². The Bertz CT molecular complexity index is 315. The van der Waals surface area contributed by atoms with Gasteiger partial charge in [0.25, 0.3) is 0 Å². The first-order valence-corrected chi connectivity index (χ1v) is 5.84. The third-order valence-electron chi connectivity index (χ3n) is 2.47. The molecule has 15 heavy (non-hydrogen) atoms. The summed E-state index contributed by atoms with van der Waals surface area (Å²) in [4.78, 5) is 4.62. The van der Waals surface area contributed by atoms with Gasteiger partial charge in [-0.05, 0) is 29.9 Å². The quantitative estimate of drug-likeness (QED) is 0.651. The molecule has 0 aliphatic carbocycles. The van der Waals surface area contributed by atoms with Gasteiger partial charge in [-0.3, -0.25) is 4.99 Å². The van der Waals surface area contributed by atoms with Gasteiger partial charge in [0.05, 0.1) is 5.69 Å². The van der Waals surface area contributed by atoms with Gasteiger partial charge in [-0.15, -0.1) is 0 Å². The van der Waals surface area contributed by atoms with Crippen LogP contribution in [0.4, 0.5) is 5.69 Å². The summed E-state index contributed by atoms with van der Waals surface area (Å²) in [5.41, 5.74) is 3.90. The SMILES string of the molecule is CCc1cccc(CC)c1/N=C/C(C)C. The Labute approximate surface area is 93.2 Å². The summed E-state index contributed by atoms with van der Waals surface area (Å²) < 4.78 is 0. The van der Waals surface area contributed by atoms with Crippen molar-refractivity contribution in [2.45, 2.75) is 40.5 Å². The van der Waals surface area contributed by atoms with Crippen molar-refractivity contribution >= 4 is 11.9 Å². The molecule has 0 aliphatic heterocycles. The number of benzene rings is 1. The van der Waals surface area contributed by atoms with Crippen LogP contribution in [0.3, 0.4) is 0 Å². The number of para-hydroxylation sites is 1. The van der Waals surface area contributed by atoms with Gasteiger partial charge in [0, 0.05) is 6.21 Å². The Kier molecular flexibility index (Phi) is 4.54. The van der Waals surface area contributed by atoms with E-state index in [9.17, 15) is 0 Å². The number of hydrogen-bond donors (Lipinski definition) is 0. The average molecular weight is 203 g/mol. The van der Waals surface area contributed by atoms with Crippen molar-refractivity contribution in [3.63, 3.8) is 0 Å². The van der Waals surface area contributed by atoms with E-state index in [2.05, 4.69) is 50.9 Å². The zero-order valence-corrected chi connectivity index (χ0v) is 10.2. The molecule has 0 N–H and O–H groups in total. The molecule has 0 fully saturated rings. The van der Waals surface area contributed by atoms with Crippen LogP contribution in [-0.2, 0) is 12.8 Å². The number of aryl methyl sites for hydroxylation is 2. The molecule has 1 rings (SSSR count). The maximum Gasteiger partial charge on any atom is 0.0689 e. The van der Waals surface area contributed by atoms with Crippen LogP contribution in [0, 0.1) is 5.92 Å².